The van der Waals surface area contributed by atoms with Crippen LogP contribution in [0.3, 0.4) is 0 Å². The van der Waals surface area contributed by atoms with Gasteiger partial charge in [-0.25, -0.2) is 0 Å². The van der Waals surface area contributed by atoms with E-state index in [1.807, 2.05) is 12.1 Å². The molecule has 0 aromatic carbocycles. The molecule has 1 fully saturated rings. The van der Waals surface area contributed by atoms with E-state index in [0.29, 0.717) is 5.92 Å². The van der Waals surface area contributed by atoms with Crippen LogP contribution in [-0.2, 0) is 0 Å². The van der Waals surface area contributed by atoms with Gasteiger partial charge in [0.1, 0.15) is 12.1 Å². The van der Waals surface area contributed by atoms with E-state index >= 15 is 0 Å². The predicted octanol–water partition coefficient (Wildman–Crippen LogP) is 1.36. The number of fused-ring (bicyclic) bond motifs is 1. The van der Waals surface area contributed by atoms with Gasteiger partial charge in [-0.2, -0.15) is 4.52 Å². The third-order valence-corrected chi connectivity index (χ3v) is 4.62. The first-order valence-electron chi connectivity index (χ1n) is 7.17. The molecular weight excluding hydrogens is 254 g/mol. The first-order valence-corrected chi connectivity index (χ1v) is 7.17. The molecule has 108 valence electrons. The summed E-state index contributed by atoms with van der Waals surface area (Å²) in [6.45, 7) is 6.44. The first-order chi connectivity index (χ1) is 9.64. The molecule has 3 heterocycles. The summed E-state index contributed by atoms with van der Waals surface area (Å²) in [6, 6.07) is 3.91. The van der Waals surface area contributed by atoms with E-state index in [0.717, 1.165) is 37.4 Å². The molecular formula is C14H21N5O. The zero-order valence-electron chi connectivity index (χ0n) is 12.0. The molecule has 0 saturated carbocycles. The maximum absolute atomic E-state index is 9.84. The lowest BCUT2D eigenvalue weighted by atomic mass is 9.72. The molecule has 2 aromatic heterocycles. The van der Waals surface area contributed by atoms with Crippen molar-refractivity contribution in [3.63, 3.8) is 0 Å². The molecule has 1 atom stereocenters. The van der Waals surface area contributed by atoms with Gasteiger partial charge in [-0.1, -0.05) is 13.8 Å². The summed E-state index contributed by atoms with van der Waals surface area (Å²) in [6.07, 6.45) is 3.78. The molecule has 2 aromatic rings. The van der Waals surface area contributed by atoms with E-state index in [2.05, 4.69) is 34.0 Å². The number of aliphatic hydroxyl groups is 1. The third-order valence-electron chi connectivity index (χ3n) is 4.62. The normalized spacial score (nSPS) is 23.7. The lowest BCUT2D eigenvalue weighted by molar-refractivity contribution is 0.0598. The van der Waals surface area contributed by atoms with Gasteiger partial charge in [0.25, 0.3) is 0 Å². The Labute approximate surface area is 118 Å². The Kier molecular flexibility index (Phi) is 3.33. The fourth-order valence-corrected chi connectivity index (χ4v) is 3.03. The van der Waals surface area contributed by atoms with Gasteiger partial charge in [-0.15, -0.1) is 15.3 Å². The quantitative estimate of drug-likeness (QED) is 0.916. The van der Waals surface area contributed by atoms with E-state index in [1.54, 1.807) is 10.8 Å². The van der Waals surface area contributed by atoms with Crippen LogP contribution >= 0.6 is 0 Å². The molecule has 6 nitrogen and oxygen atoms in total. The van der Waals surface area contributed by atoms with Crippen molar-refractivity contribution in [3.05, 3.63) is 18.5 Å². The summed E-state index contributed by atoms with van der Waals surface area (Å²) in [4.78, 5) is 2.26. The number of aliphatic hydroxyl groups excluding tert-OH is 1. The molecule has 3 rings (SSSR count). The standard InChI is InChI=1S/C14H21N5O/c1-11(2)14(9-20)6-3-7-18(8-14)13-5-4-12-16-15-10-19(12)17-13/h4-5,10-11,20H,3,6-9H2,1-2H3. The van der Waals surface area contributed by atoms with Crippen LogP contribution in [0.2, 0.25) is 0 Å². The third kappa shape index (κ3) is 2.14. The molecule has 20 heavy (non-hydrogen) atoms. The molecule has 1 saturated heterocycles. The molecule has 0 aliphatic carbocycles. The maximum Gasteiger partial charge on any atom is 0.177 e. The molecule has 1 aliphatic heterocycles. The Morgan fingerprint density at radius 2 is 2.25 bits per heavy atom. The fraction of sp³-hybridized carbons (Fsp3) is 0.643. The number of aromatic nitrogens is 4. The van der Waals surface area contributed by atoms with Crippen molar-refractivity contribution in [2.75, 3.05) is 24.6 Å². The fourth-order valence-electron chi connectivity index (χ4n) is 3.03. The average Bonchev–Trinajstić information content (AvgIpc) is 2.94. The minimum Gasteiger partial charge on any atom is -0.396 e. The summed E-state index contributed by atoms with van der Waals surface area (Å²) in [7, 11) is 0. The van der Waals surface area contributed by atoms with Gasteiger partial charge in [0.2, 0.25) is 0 Å². The van der Waals surface area contributed by atoms with E-state index in [-0.39, 0.29) is 12.0 Å². The summed E-state index contributed by atoms with van der Waals surface area (Å²) in [5, 5.41) is 22.2. The predicted molar refractivity (Wildman–Crippen MR) is 76.6 cm³/mol. The Morgan fingerprint density at radius 1 is 1.40 bits per heavy atom. The Hall–Kier alpha value is -1.69. The average molecular weight is 275 g/mol. The lowest BCUT2D eigenvalue weighted by Gasteiger charge is -2.45. The highest BCUT2D eigenvalue weighted by atomic mass is 16.3. The first kappa shape index (κ1) is 13.3. The van der Waals surface area contributed by atoms with Crippen LogP contribution in [0.4, 0.5) is 5.82 Å². The summed E-state index contributed by atoms with van der Waals surface area (Å²) >= 11 is 0. The molecule has 1 N–H and O–H groups in total. The van der Waals surface area contributed by atoms with Crippen LogP contribution < -0.4 is 4.90 Å². The van der Waals surface area contributed by atoms with E-state index < -0.39 is 0 Å². The summed E-state index contributed by atoms with van der Waals surface area (Å²) in [5.41, 5.74) is 0.727. The van der Waals surface area contributed by atoms with Gasteiger partial charge >= 0.3 is 0 Å². The van der Waals surface area contributed by atoms with Crippen molar-refractivity contribution < 1.29 is 5.11 Å². The van der Waals surface area contributed by atoms with Gasteiger partial charge in [0, 0.05) is 18.5 Å². The SMILES string of the molecule is CC(C)C1(CO)CCCN(c2ccc3nncn3n2)C1. The molecule has 0 spiro atoms. The van der Waals surface area contributed by atoms with Gasteiger partial charge in [-0.05, 0) is 30.9 Å². The highest BCUT2D eigenvalue weighted by Crippen LogP contribution is 2.37. The largest absolute Gasteiger partial charge is 0.396 e. The maximum atomic E-state index is 9.84. The second kappa shape index (κ2) is 5.01. The number of piperidine rings is 1. The second-order valence-electron chi connectivity index (χ2n) is 6.03. The number of anilines is 1. The molecule has 0 bridgehead atoms. The van der Waals surface area contributed by atoms with Crippen LogP contribution in [0, 0.1) is 11.3 Å². The Bertz CT molecular complexity index is 596. The van der Waals surface area contributed by atoms with Crippen LogP contribution in [0.1, 0.15) is 26.7 Å². The minimum atomic E-state index is -0.0257. The summed E-state index contributed by atoms with van der Waals surface area (Å²) in [5.74, 6) is 1.38. The van der Waals surface area contributed by atoms with Crippen molar-refractivity contribution in [1.29, 1.82) is 0 Å². The van der Waals surface area contributed by atoms with Gasteiger partial charge in [0.05, 0.1) is 6.61 Å². The highest BCUT2D eigenvalue weighted by Gasteiger charge is 2.38. The number of rotatable bonds is 3. The van der Waals surface area contributed by atoms with Crippen LogP contribution in [0.15, 0.2) is 18.5 Å². The van der Waals surface area contributed by atoms with E-state index in [9.17, 15) is 5.11 Å². The van der Waals surface area contributed by atoms with Crippen molar-refractivity contribution >= 4 is 11.5 Å². The Morgan fingerprint density at radius 3 is 3.00 bits per heavy atom. The highest BCUT2D eigenvalue weighted by molar-refractivity contribution is 5.45. The van der Waals surface area contributed by atoms with Crippen molar-refractivity contribution in [2.45, 2.75) is 26.7 Å². The smallest absolute Gasteiger partial charge is 0.177 e. The minimum absolute atomic E-state index is 0.0257. The molecule has 6 heteroatoms. The van der Waals surface area contributed by atoms with Crippen LogP contribution in [0.25, 0.3) is 5.65 Å². The van der Waals surface area contributed by atoms with Gasteiger partial charge in [0.15, 0.2) is 5.65 Å². The number of hydrogen-bond donors (Lipinski definition) is 1. The van der Waals surface area contributed by atoms with E-state index in [1.165, 1.54) is 0 Å². The van der Waals surface area contributed by atoms with Gasteiger partial charge in [-0.3, -0.25) is 0 Å². The molecule has 1 aliphatic rings. The van der Waals surface area contributed by atoms with E-state index in [4.69, 9.17) is 0 Å². The van der Waals surface area contributed by atoms with Crippen molar-refractivity contribution in [1.82, 2.24) is 19.8 Å². The van der Waals surface area contributed by atoms with Gasteiger partial charge < -0.3 is 10.0 Å². The second-order valence-corrected chi connectivity index (χ2v) is 6.03. The number of nitrogens with zero attached hydrogens (tertiary/aromatic N) is 5. The zero-order valence-corrected chi connectivity index (χ0v) is 12.0. The number of hydrogen-bond acceptors (Lipinski definition) is 5. The van der Waals surface area contributed by atoms with Crippen molar-refractivity contribution in [2.24, 2.45) is 11.3 Å². The summed E-state index contributed by atoms with van der Waals surface area (Å²) < 4.78 is 1.69. The Balaban J connectivity index is 1.89. The topological polar surface area (TPSA) is 66.5 Å². The lowest BCUT2D eigenvalue weighted by Crippen LogP contribution is -2.48. The van der Waals surface area contributed by atoms with Crippen LogP contribution in [0.5, 0.6) is 0 Å². The van der Waals surface area contributed by atoms with Crippen LogP contribution in [-0.4, -0.2) is 44.6 Å². The van der Waals surface area contributed by atoms with Crippen molar-refractivity contribution in [3.8, 4) is 0 Å². The molecule has 0 radical (unpaired) electrons. The molecule has 0 amide bonds. The zero-order chi connectivity index (χ0) is 14.2. The monoisotopic (exact) mass is 275 g/mol. The molecule has 1 unspecified atom stereocenters.